The van der Waals surface area contributed by atoms with Crippen molar-refractivity contribution in [2.45, 2.75) is 76.3 Å². The Morgan fingerprint density at radius 1 is 0.302 bits per heavy atom. The number of benzene rings is 10. The summed E-state index contributed by atoms with van der Waals surface area (Å²) in [6, 6.07) is 96.5. The summed E-state index contributed by atoms with van der Waals surface area (Å²) in [7, 11) is 0. The van der Waals surface area contributed by atoms with E-state index in [1.54, 1.807) is 0 Å². The molecule has 11 aromatic rings. The fourth-order valence-corrected chi connectivity index (χ4v) is 16.0. The van der Waals surface area contributed by atoms with Crippen LogP contribution in [0.3, 0.4) is 0 Å². The van der Waals surface area contributed by atoms with Crippen molar-refractivity contribution in [1.82, 2.24) is 4.98 Å². The first-order chi connectivity index (χ1) is 42.7. The van der Waals surface area contributed by atoms with E-state index in [1.165, 1.54) is 142 Å². The van der Waals surface area contributed by atoms with Crippen LogP contribution in [-0.2, 0) is 0 Å². The summed E-state index contributed by atoms with van der Waals surface area (Å²) in [5, 5.41) is 0. The van der Waals surface area contributed by atoms with Gasteiger partial charge in [-0.25, -0.2) is 4.98 Å². The molecule has 2 fully saturated rings. The molecular weight excluding hydrogens is 1040 g/mol. The van der Waals surface area contributed by atoms with Gasteiger partial charge >= 0.3 is 0 Å². The number of anilines is 16. The summed E-state index contributed by atoms with van der Waals surface area (Å²) in [5.41, 5.74) is 25.4. The fourth-order valence-electron chi connectivity index (χ4n) is 16.0. The molecule has 0 amide bonds. The minimum absolute atomic E-state index is 0.0749. The molecule has 0 saturated heterocycles. The Morgan fingerprint density at radius 2 is 0.674 bits per heavy atom. The van der Waals surface area contributed by atoms with Crippen LogP contribution in [0.5, 0.6) is 0 Å². The highest BCUT2D eigenvalue weighted by Crippen LogP contribution is 2.52. The summed E-state index contributed by atoms with van der Waals surface area (Å²) in [6.45, 7) is -0.202. The topological polar surface area (TPSA) is 32.3 Å². The van der Waals surface area contributed by atoms with Crippen LogP contribution in [0, 0.1) is 0 Å². The van der Waals surface area contributed by atoms with Gasteiger partial charge in [0.15, 0.2) is 0 Å². The first kappa shape index (κ1) is 50.8. The molecule has 0 bridgehead atoms. The van der Waals surface area contributed by atoms with E-state index in [4.69, 9.17) is 4.98 Å². The summed E-state index contributed by atoms with van der Waals surface area (Å²) in [4.78, 5) is 20.7. The number of hydrogen-bond acceptors (Lipinski definition) is 7. The molecule has 1 aromatic heterocycles. The Labute approximate surface area is 506 Å². The Bertz CT molecular complexity index is 4250. The molecular formula is C77H65B2N7. The lowest BCUT2D eigenvalue weighted by Gasteiger charge is -2.48. The molecule has 7 nitrogen and oxygen atoms in total. The van der Waals surface area contributed by atoms with E-state index >= 15 is 0 Å². The standard InChI is InChI=1S/C77H65B2N7/c1-8-28-54(29-9-1)81(55-30-10-2-11-31-55)61-48-71-76-73(49-61)85(59-38-18-6-19-39-59)69-53-70-66(52-65(69)78(76)63-42-22-24-44-67(63)83(71)57-34-14-4-15-35-57)79-64-43-23-25-45-68(64)84(58-36-16-5-17-37-58)72-50-62(51-74(77(72)79)86(70)60-40-20-7-21-41-60)82(56-32-12-3-13-33-56)75-46-26-27-47-80-75/h3-7,12-27,32-55H,1-2,8-11,28-31H2. The lowest BCUT2D eigenvalue weighted by Crippen LogP contribution is -2.65. The van der Waals surface area contributed by atoms with Gasteiger partial charge in [0.05, 0.1) is 5.69 Å². The maximum absolute atomic E-state index is 5.08. The van der Waals surface area contributed by atoms with E-state index in [-0.39, 0.29) is 13.4 Å². The summed E-state index contributed by atoms with van der Waals surface area (Å²) in [6.07, 6.45) is 14.7. The number of nitrogens with zero attached hydrogens (tertiary/aromatic N) is 7. The van der Waals surface area contributed by atoms with Gasteiger partial charge in [0.25, 0.3) is 13.4 Å². The number of aromatic nitrogens is 1. The third-order valence-corrected chi connectivity index (χ3v) is 19.5. The SMILES string of the molecule is c1ccc(N(c2cc3c4c(c2)N(c2ccccc2)c2cc5c(cc2B4c2ccccc2N3c2ccccc2)B2c3ccccc3N(c3ccccc3)c3cc(N(C4CCCCC4)C4CCCCC4)cc(c32)N5c2ccccc2)c2ccccn2)cc1. The Morgan fingerprint density at radius 3 is 1.09 bits per heavy atom. The molecule has 2 saturated carbocycles. The molecule has 0 unspecified atom stereocenters. The van der Waals surface area contributed by atoms with Gasteiger partial charge in [0, 0.05) is 97.9 Å². The van der Waals surface area contributed by atoms with Gasteiger partial charge in [-0.3, -0.25) is 4.90 Å². The van der Waals surface area contributed by atoms with Gasteiger partial charge in [0.2, 0.25) is 0 Å². The second kappa shape index (κ2) is 21.1. The zero-order valence-electron chi connectivity index (χ0n) is 48.3. The molecule has 6 aliphatic rings. The average molecular weight is 1110 g/mol. The van der Waals surface area contributed by atoms with Crippen LogP contribution in [0.15, 0.2) is 261 Å². The van der Waals surface area contributed by atoms with Crippen LogP contribution >= 0.6 is 0 Å². The van der Waals surface area contributed by atoms with Gasteiger partial charge in [0.1, 0.15) is 5.82 Å². The molecule has 86 heavy (non-hydrogen) atoms. The van der Waals surface area contributed by atoms with Gasteiger partial charge in [-0.2, -0.15) is 0 Å². The minimum atomic E-state index is -0.127. The number of para-hydroxylation sites is 7. The van der Waals surface area contributed by atoms with E-state index in [2.05, 4.69) is 278 Å². The summed E-state index contributed by atoms with van der Waals surface area (Å²) in [5.74, 6) is 0.849. The highest BCUT2D eigenvalue weighted by atomic mass is 15.2. The van der Waals surface area contributed by atoms with Gasteiger partial charge in [-0.15, -0.1) is 0 Å². The Hall–Kier alpha value is -9.72. The lowest BCUT2D eigenvalue weighted by atomic mass is 9.30. The second-order valence-corrected chi connectivity index (χ2v) is 24.3. The van der Waals surface area contributed by atoms with E-state index in [0.29, 0.717) is 12.1 Å². The van der Waals surface area contributed by atoms with Crippen molar-refractivity contribution < 1.29 is 0 Å². The van der Waals surface area contributed by atoms with Crippen molar-refractivity contribution in [2.24, 2.45) is 0 Å². The number of rotatable bonds is 10. The van der Waals surface area contributed by atoms with Crippen LogP contribution in [0.4, 0.5) is 91.1 Å². The molecule has 9 heteroatoms. The molecule has 17 rings (SSSR count). The van der Waals surface area contributed by atoms with Gasteiger partial charge in [-0.1, -0.05) is 178 Å². The third-order valence-electron chi connectivity index (χ3n) is 19.5. The van der Waals surface area contributed by atoms with Crippen molar-refractivity contribution in [1.29, 1.82) is 0 Å². The zero-order chi connectivity index (χ0) is 56.7. The molecule has 0 N–H and O–H groups in total. The maximum atomic E-state index is 5.08. The summed E-state index contributed by atoms with van der Waals surface area (Å²) < 4.78 is 0. The van der Waals surface area contributed by atoms with Crippen LogP contribution in [0.2, 0.25) is 0 Å². The highest BCUT2D eigenvalue weighted by Gasteiger charge is 2.49. The third kappa shape index (κ3) is 8.22. The molecule has 0 radical (unpaired) electrons. The smallest absolute Gasteiger partial charge is 0.252 e. The summed E-state index contributed by atoms with van der Waals surface area (Å²) >= 11 is 0. The lowest BCUT2D eigenvalue weighted by molar-refractivity contribution is 0.340. The first-order valence-corrected chi connectivity index (χ1v) is 31.4. The van der Waals surface area contributed by atoms with Crippen molar-refractivity contribution in [3.63, 3.8) is 0 Å². The predicted molar refractivity (Wildman–Crippen MR) is 363 cm³/mol. The van der Waals surface area contributed by atoms with Crippen molar-refractivity contribution in [3.05, 3.63) is 261 Å². The molecule has 5 heterocycles. The number of pyridine rings is 1. The van der Waals surface area contributed by atoms with Gasteiger partial charge in [-0.05, 0) is 174 Å². The van der Waals surface area contributed by atoms with Crippen LogP contribution in [0.1, 0.15) is 64.2 Å². The normalized spacial score (nSPS) is 15.7. The maximum Gasteiger partial charge on any atom is 0.252 e. The van der Waals surface area contributed by atoms with Gasteiger partial charge < -0.3 is 24.5 Å². The molecule has 414 valence electrons. The fraction of sp³-hybridized carbons (Fsp3) is 0.156. The largest absolute Gasteiger partial charge is 0.365 e. The second-order valence-electron chi connectivity index (χ2n) is 24.3. The van der Waals surface area contributed by atoms with E-state index in [1.807, 2.05) is 12.3 Å². The van der Waals surface area contributed by atoms with Crippen molar-refractivity contribution in [2.75, 3.05) is 29.4 Å². The van der Waals surface area contributed by atoms with E-state index in [0.717, 1.165) is 45.6 Å². The number of fused-ring (bicyclic) bond motifs is 8. The van der Waals surface area contributed by atoms with Crippen molar-refractivity contribution >= 4 is 137 Å². The monoisotopic (exact) mass is 1110 g/mol. The molecule has 10 aromatic carbocycles. The van der Waals surface area contributed by atoms with Crippen LogP contribution in [-0.4, -0.2) is 30.5 Å². The molecule has 2 aliphatic carbocycles. The highest BCUT2D eigenvalue weighted by molar-refractivity contribution is 7.03. The molecule has 0 spiro atoms. The molecule has 4 aliphatic heterocycles. The molecule has 0 atom stereocenters. The van der Waals surface area contributed by atoms with Crippen LogP contribution in [0.25, 0.3) is 0 Å². The Kier molecular flexibility index (Phi) is 12.5. The number of hydrogen-bond donors (Lipinski definition) is 0. The predicted octanol–water partition coefficient (Wildman–Crippen LogP) is 16.2. The average Bonchev–Trinajstić information content (AvgIpc) is 0.711. The zero-order valence-corrected chi connectivity index (χ0v) is 48.3. The van der Waals surface area contributed by atoms with E-state index < -0.39 is 0 Å². The van der Waals surface area contributed by atoms with Crippen LogP contribution < -0.4 is 62.2 Å². The quantitative estimate of drug-likeness (QED) is 0.126. The first-order valence-electron chi connectivity index (χ1n) is 31.4. The van der Waals surface area contributed by atoms with E-state index in [9.17, 15) is 0 Å². The van der Waals surface area contributed by atoms with Crippen molar-refractivity contribution in [3.8, 4) is 0 Å². The Balaban J connectivity index is 0.980. The minimum Gasteiger partial charge on any atom is -0.365 e.